The summed E-state index contributed by atoms with van der Waals surface area (Å²) >= 11 is 0. The Bertz CT molecular complexity index is 552. The lowest BCUT2D eigenvalue weighted by Crippen LogP contribution is -2.28. The predicted molar refractivity (Wildman–Crippen MR) is 65.6 cm³/mol. The van der Waals surface area contributed by atoms with Gasteiger partial charge < -0.3 is 14.6 Å². The third-order valence-electron chi connectivity index (χ3n) is 3.11. The molecule has 100 valence electrons. The Labute approximate surface area is 109 Å². The van der Waals surface area contributed by atoms with Crippen LogP contribution in [0.1, 0.15) is 24.7 Å². The van der Waals surface area contributed by atoms with E-state index in [0.717, 1.165) is 25.9 Å². The molecule has 0 amide bonds. The van der Waals surface area contributed by atoms with E-state index in [1.54, 1.807) is 12.1 Å². The highest BCUT2D eigenvalue weighted by Crippen LogP contribution is 2.26. The summed E-state index contributed by atoms with van der Waals surface area (Å²) in [6.07, 6.45) is 2.09. The summed E-state index contributed by atoms with van der Waals surface area (Å²) in [4.78, 5) is 4.16. The number of aromatic nitrogens is 2. The van der Waals surface area contributed by atoms with Gasteiger partial charge in [-0.25, -0.2) is 4.39 Å². The molecule has 2 heterocycles. The lowest BCUT2D eigenvalue weighted by Gasteiger charge is -2.18. The van der Waals surface area contributed by atoms with Crippen LogP contribution in [0.15, 0.2) is 28.8 Å². The Kier molecular flexibility index (Phi) is 3.41. The van der Waals surface area contributed by atoms with Crippen molar-refractivity contribution < 1.29 is 13.7 Å². The number of hydrogen-bond donors (Lipinski definition) is 1. The summed E-state index contributed by atoms with van der Waals surface area (Å²) in [5.41, 5.74) is 0. The van der Waals surface area contributed by atoms with Crippen LogP contribution in [-0.2, 0) is 0 Å². The number of rotatable bonds is 3. The Morgan fingerprint density at radius 2 is 2.26 bits per heavy atom. The van der Waals surface area contributed by atoms with Crippen LogP contribution in [0.25, 0.3) is 0 Å². The maximum absolute atomic E-state index is 13.4. The fourth-order valence-electron chi connectivity index (χ4n) is 2.12. The van der Waals surface area contributed by atoms with E-state index in [0.29, 0.717) is 5.89 Å². The molecular formula is C13H14FN3O2. The lowest BCUT2D eigenvalue weighted by molar-refractivity contribution is 0.309. The number of hydrogen-bond acceptors (Lipinski definition) is 5. The van der Waals surface area contributed by atoms with Crippen molar-refractivity contribution in [2.75, 3.05) is 13.1 Å². The van der Waals surface area contributed by atoms with Gasteiger partial charge in [0.15, 0.2) is 11.6 Å². The molecule has 0 radical (unpaired) electrons. The van der Waals surface area contributed by atoms with Gasteiger partial charge in [-0.1, -0.05) is 12.1 Å². The Morgan fingerprint density at radius 3 is 3.05 bits per heavy atom. The number of nitrogens with zero attached hydrogens (tertiary/aromatic N) is 2. The van der Waals surface area contributed by atoms with E-state index in [-0.39, 0.29) is 17.7 Å². The van der Waals surface area contributed by atoms with Gasteiger partial charge in [-0.3, -0.25) is 0 Å². The van der Waals surface area contributed by atoms with Crippen molar-refractivity contribution in [3.05, 3.63) is 36.0 Å². The fraction of sp³-hybridized carbons (Fsp3) is 0.385. The van der Waals surface area contributed by atoms with Crippen LogP contribution in [0.3, 0.4) is 0 Å². The molecule has 1 aromatic carbocycles. The molecule has 2 aromatic rings. The average Bonchev–Trinajstić information content (AvgIpc) is 2.91. The van der Waals surface area contributed by atoms with Crippen LogP contribution < -0.4 is 10.1 Å². The highest BCUT2D eigenvalue weighted by atomic mass is 19.1. The highest BCUT2D eigenvalue weighted by Gasteiger charge is 2.22. The molecule has 0 spiro atoms. The van der Waals surface area contributed by atoms with Crippen molar-refractivity contribution in [3.63, 3.8) is 0 Å². The normalized spacial score (nSPS) is 19.3. The average molecular weight is 263 g/mol. The molecule has 1 N–H and O–H groups in total. The van der Waals surface area contributed by atoms with Crippen LogP contribution in [0.4, 0.5) is 4.39 Å². The summed E-state index contributed by atoms with van der Waals surface area (Å²) in [7, 11) is 0. The van der Waals surface area contributed by atoms with Crippen molar-refractivity contribution >= 4 is 0 Å². The Morgan fingerprint density at radius 1 is 1.37 bits per heavy atom. The molecule has 6 heteroatoms. The number of para-hydroxylation sites is 1. The monoisotopic (exact) mass is 263 g/mol. The first-order chi connectivity index (χ1) is 9.33. The van der Waals surface area contributed by atoms with Gasteiger partial charge in [-0.05, 0) is 36.7 Å². The van der Waals surface area contributed by atoms with Gasteiger partial charge in [0.25, 0.3) is 0 Å². The fourth-order valence-corrected chi connectivity index (χ4v) is 2.12. The molecule has 1 aromatic heterocycles. The van der Waals surface area contributed by atoms with E-state index in [1.165, 1.54) is 12.1 Å². The molecule has 1 unspecified atom stereocenters. The van der Waals surface area contributed by atoms with Crippen LogP contribution in [0.5, 0.6) is 11.8 Å². The Balaban J connectivity index is 1.73. The maximum Gasteiger partial charge on any atom is 0.359 e. The highest BCUT2D eigenvalue weighted by molar-refractivity contribution is 5.26. The zero-order chi connectivity index (χ0) is 13.1. The first-order valence-electron chi connectivity index (χ1n) is 6.29. The van der Waals surface area contributed by atoms with Gasteiger partial charge in [0.05, 0.1) is 5.92 Å². The third-order valence-corrected chi connectivity index (χ3v) is 3.11. The second-order valence-electron chi connectivity index (χ2n) is 4.49. The zero-order valence-electron chi connectivity index (χ0n) is 10.3. The number of piperidine rings is 1. The van der Waals surface area contributed by atoms with Gasteiger partial charge in [0.1, 0.15) is 0 Å². The number of ether oxygens (including phenoxy) is 1. The maximum atomic E-state index is 13.4. The molecule has 1 saturated heterocycles. The minimum atomic E-state index is -0.451. The second kappa shape index (κ2) is 5.36. The van der Waals surface area contributed by atoms with E-state index in [9.17, 15) is 4.39 Å². The van der Waals surface area contributed by atoms with Crippen molar-refractivity contribution in [2.24, 2.45) is 0 Å². The smallest absolute Gasteiger partial charge is 0.359 e. The Hall–Kier alpha value is -1.95. The molecule has 1 atom stereocenters. The first kappa shape index (κ1) is 12.1. The quantitative estimate of drug-likeness (QED) is 0.921. The zero-order valence-corrected chi connectivity index (χ0v) is 10.3. The molecule has 5 nitrogen and oxygen atoms in total. The van der Waals surface area contributed by atoms with Crippen molar-refractivity contribution in [2.45, 2.75) is 18.8 Å². The van der Waals surface area contributed by atoms with Gasteiger partial charge >= 0.3 is 6.01 Å². The van der Waals surface area contributed by atoms with Crippen LogP contribution in [-0.4, -0.2) is 23.2 Å². The van der Waals surface area contributed by atoms with Gasteiger partial charge in [-0.15, -0.1) is 0 Å². The minimum absolute atomic E-state index is 0.0469. The predicted octanol–water partition coefficient (Wildman–Crippen LogP) is 2.47. The topological polar surface area (TPSA) is 60.2 Å². The van der Waals surface area contributed by atoms with E-state index < -0.39 is 5.82 Å². The van der Waals surface area contributed by atoms with Crippen molar-refractivity contribution in [1.82, 2.24) is 15.5 Å². The molecule has 0 bridgehead atoms. The largest absolute Gasteiger partial charge is 0.419 e. The minimum Gasteiger partial charge on any atom is -0.419 e. The van der Waals surface area contributed by atoms with E-state index >= 15 is 0 Å². The molecule has 0 aliphatic carbocycles. The first-order valence-corrected chi connectivity index (χ1v) is 6.29. The number of benzene rings is 1. The van der Waals surface area contributed by atoms with Gasteiger partial charge in [-0.2, -0.15) is 4.98 Å². The van der Waals surface area contributed by atoms with Gasteiger partial charge in [0.2, 0.25) is 5.89 Å². The molecule has 0 saturated carbocycles. The van der Waals surface area contributed by atoms with Gasteiger partial charge in [0, 0.05) is 6.54 Å². The SMILES string of the molecule is Fc1ccccc1Oc1noc(C2CCCNC2)n1. The lowest BCUT2D eigenvalue weighted by atomic mass is 10.00. The standard InChI is InChI=1S/C13H14FN3O2/c14-10-5-1-2-6-11(10)18-13-16-12(19-17-13)9-4-3-7-15-8-9/h1-2,5-6,9,15H,3-4,7-8H2. The van der Waals surface area contributed by atoms with E-state index in [1.807, 2.05) is 0 Å². The summed E-state index contributed by atoms with van der Waals surface area (Å²) in [5.74, 6) is 0.391. The molecule has 1 aliphatic rings. The summed E-state index contributed by atoms with van der Waals surface area (Å²) < 4.78 is 23.9. The molecule has 3 rings (SSSR count). The van der Waals surface area contributed by atoms with Crippen molar-refractivity contribution in [3.8, 4) is 11.8 Å². The molecule has 1 aliphatic heterocycles. The van der Waals surface area contributed by atoms with E-state index in [2.05, 4.69) is 15.5 Å². The molecule has 1 fully saturated rings. The van der Waals surface area contributed by atoms with Crippen LogP contribution in [0.2, 0.25) is 0 Å². The molecule has 19 heavy (non-hydrogen) atoms. The summed E-state index contributed by atoms with van der Waals surface area (Å²) in [5, 5.41) is 7.00. The second-order valence-corrected chi connectivity index (χ2v) is 4.49. The number of nitrogens with one attached hydrogen (secondary N) is 1. The van der Waals surface area contributed by atoms with Crippen LogP contribution >= 0.6 is 0 Å². The van der Waals surface area contributed by atoms with Crippen LogP contribution in [0, 0.1) is 5.82 Å². The van der Waals surface area contributed by atoms with Crippen molar-refractivity contribution in [1.29, 1.82) is 0 Å². The summed E-state index contributed by atoms with van der Waals surface area (Å²) in [6.45, 7) is 1.84. The summed E-state index contributed by atoms with van der Waals surface area (Å²) in [6, 6.07) is 6.17. The molecular weight excluding hydrogens is 249 g/mol. The van der Waals surface area contributed by atoms with E-state index in [4.69, 9.17) is 9.26 Å². The number of halogens is 1. The third kappa shape index (κ3) is 2.73.